The van der Waals surface area contributed by atoms with Crippen molar-refractivity contribution in [1.82, 2.24) is 4.90 Å². The van der Waals surface area contributed by atoms with E-state index >= 15 is 0 Å². The molecule has 0 bridgehead atoms. The highest BCUT2D eigenvalue weighted by Gasteiger charge is 1.90. The highest BCUT2D eigenvalue weighted by Crippen LogP contribution is 1.81. The minimum atomic E-state index is 0.563. The van der Waals surface area contributed by atoms with Gasteiger partial charge in [0.1, 0.15) is 6.29 Å². The van der Waals surface area contributed by atoms with Crippen LogP contribution in [0.25, 0.3) is 0 Å². The molecular weight excluding hydrogens is 126 g/mol. The molecule has 2 nitrogen and oxygen atoms in total. The van der Waals surface area contributed by atoms with Crippen molar-refractivity contribution in [3.63, 3.8) is 0 Å². The number of carbonyl (C=O) groups is 1. The zero-order chi connectivity index (χ0) is 8.41. The number of nitrogens with zero attached hydrogens (tertiary/aromatic N) is 1. The van der Waals surface area contributed by atoms with Gasteiger partial charge in [-0.25, -0.2) is 0 Å². The van der Waals surface area contributed by atoms with Crippen LogP contribution in [-0.2, 0) is 4.79 Å². The lowest BCUT2D eigenvalue weighted by molar-refractivity contribution is -0.108. The maximum Gasteiger partial charge on any atom is 0.133 e. The van der Waals surface area contributed by atoms with Gasteiger partial charge in [0.15, 0.2) is 0 Å². The van der Waals surface area contributed by atoms with E-state index in [1.165, 1.54) is 0 Å². The molecule has 0 aromatic rings. The number of likely N-dealkylation sites (N-methyl/N-ethyl adjacent to an activating group) is 1. The van der Waals surface area contributed by atoms with E-state index in [1.807, 2.05) is 25.8 Å². The van der Waals surface area contributed by atoms with Gasteiger partial charge >= 0.3 is 0 Å². The van der Waals surface area contributed by atoms with E-state index in [4.69, 9.17) is 0 Å². The minimum absolute atomic E-state index is 0.563. The molecule has 0 aliphatic heterocycles. The average molecular weight is 145 g/mol. The van der Waals surface area contributed by atoms with Crippen LogP contribution in [0.1, 0.15) is 27.2 Å². The van der Waals surface area contributed by atoms with Crippen LogP contribution in [0.5, 0.6) is 0 Å². The van der Waals surface area contributed by atoms with Gasteiger partial charge in [0.2, 0.25) is 0 Å². The number of rotatable bonds is 4. The van der Waals surface area contributed by atoms with Gasteiger partial charge in [0, 0.05) is 0 Å². The van der Waals surface area contributed by atoms with Crippen molar-refractivity contribution >= 4 is 6.29 Å². The van der Waals surface area contributed by atoms with Gasteiger partial charge in [-0.2, -0.15) is 0 Å². The van der Waals surface area contributed by atoms with Crippen molar-refractivity contribution in [3.8, 4) is 0 Å². The maximum absolute atomic E-state index is 9.85. The Kier molecular flexibility index (Phi) is 14.1. The van der Waals surface area contributed by atoms with E-state index in [0.29, 0.717) is 6.54 Å². The first-order chi connectivity index (χ1) is 4.81. The minimum Gasteiger partial charge on any atom is -0.302 e. The molecule has 0 unspecified atom stereocenters. The Balaban J connectivity index is 0. The lowest BCUT2D eigenvalue weighted by Crippen LogP contribution is -2.20. The fraction of sp³-hybridized carbons (Fsp3) is 0.875. The monoisotopic (exact) mass is 145 g/mol. The van der Waals surface area contributed by atoms with Gasteiger partial charge in [-0.05, 0) is 20.0 Å². The van der Waals surface area contributed by atoms with Crippen molar-refractivity contribution in [2.24, 2.45) is 0 Å². The highest BCUT2D eigenvalue weighted by molar-refractivity contribution is 5.51. The van der Waals surface area contributed by atoms with Crippen molar-refractivity contribution in [2.45, 2.75) is 27.2 Å². The molecule has 0 saturated carbocycles. The van der Waals surface area contributed by atoms with Crippen LogP contribution >= 0.6 is 0 Å². The van der Waals surface area contributed by atoms with Gasteiger partial charge in [-0.15, -0.1) is 0 Å². The normalized spacial score (nSPS) is 8.50. The van der Waals surface area contributed by atoms with Crippen LogP contribution in [-0.4, -0.2) is 31.3 Å². The Morgan fingerprint density at radius 3 is 2.20 bits per heavy atom. The first kappa shape index (κ1) is 12.3. The second-order valence-corrected chi connectivity index (χ2v) is 1.93. The second-order valence-electron chi connectivity index (χ2n) is 1.93. The Hall–Kier alpha value is -0.370. The molecule has 62 valence electrons. The molecule has 0 aromatic carbocycles. The maximum atomic E-state index is 9.85. The molecule has 0 aromatic heterocycles. The molecule has 0 fully saturated rings. The fourth-order valence-corrected chi connectivity index (χ4v) is 0.600. The standard InChI is InChI=1S/C6H13NO.C2H6/c1-3-4-7(2)5-6-8;1-2/h6H,3-5H2,1-2H3;1-2H3. The average Bonchev–Trinajstić information content (AvgIpc) is 1.93. The molecule has 0 saturated heterocycles. The number of hydrogen-bond donors (Lipinski definition) is 0. The van der Waals surface area contributed by atoms with E-state index in [0.717, 1.165) is 19.3 Å². The zero-order valence-electron chi connectivity index (χ0n) is 7.55. The highest BCUT2D eigenvalue weighted by atomic mass is 16.1. The molecule has 2 heteroatoms. The largest absolute Gasteiger partial charge is 0.302 e. The molecule has 0 atom stereocenters. The summed E-state index contributed by atoms with van der Waals surface area (Å²) in [5, 5.41) is 0. The summed E-state index contributed by atoms with van der Waals surface area (Å²) >= 11 is 0. The lowest BCUT2D eigenvalue weighted by atomic mass is 10.4. The Labute approximate surface area is 64.2 Å². The molecule has 0 amide bonds. The van der Waals surface area contributed by atoms with Crippen LogP contribution in [0.15, 0.2) is 0 Å². The van der Waals surface area contributed by atoms with Crippen molar-refractivity contribution in [1.29, 1.82) is 0 Å². The zero-order valence-corrected chi connectivity index (χ0v) is 7.55. The van der Waals surface area contributed by atoms with Crippen LogP contribution < -0.4 is 0 Å². The third kappa shape index (κ3) is 10.6. The quantitative estimate of drug-likeness (QED) is 0.559. The van der Waals surface area contributed by atoms with Crippen LogP contribution in [0.2, 0.25) is 0 Å². The third-order valence-corrected chi connectivity index (χ3v) is 0.992. The summed E-state index contributed by atoms with van der Waals surface area (Å²) in [5.41, 5.74) is 0. The predicted octanol–water partition coefficient (Wildman–Crippen LogP) is 1.55. The second kappa shape index (κ2) is 11.4. The van der Waals surface area contributed by atoms with Crippen molar-refractivity contribution in [2.75, 3.05) is 20.1 Å². The number of aldehydes is 1. The van der Waals surface area contributed by atoms with Crippen LogP contribution in [0, 0.1) is 0 Å². The lowest BCUT2D eigenvalue weighted by Gasteiger charge is -2.09. The third-order valence-electron chi connectivity index (χ3n) is 0.992. The summed E-state index contributed by atoms with van der Waals surface area (Å²) in [4.78, 5) is 11.8. The summed E-state index contributed by atoms with van der Waals surface area (Å²) in [6, 6.07) is 0. The van der Waals surface area contributed by atoms with Crippen LogP contribution in [0.3, 0.4) is 0 Å². The van der Waals surface area contributed by atoms with Gasteiger partial charge < -0.3 is 4.79 Å². The number of carbonyl (C=O) groups excluding carboxylic acids is 1. The Morgan fingerprint density at radius 2 is 1.90 bits per heavy atom. The summed E-state index contributed by atoms with van der Waals surface area (Å²) in [5.74, 6) is 0. The van der Waals surface area contributed by atoms with Crippen molar-refractivity contribution in [3.05, 3.63) is 0 Å². The van der Waals surface area contributed by atoms with Crippen molar-refractivity contribution < 1.29 is 4.79 Å². The van der Waals surface area contributed by atoms with Gasteiger partial charge in [0.05, 0.1) is 6.54 Å². The smallest absolute Gasteiger partial charge is 0.133 e. The molecule has 0 aliphatic rings. The molecular formula is C8H19NO. The predicted molar refractivity (Wildman–Crippen MR) is 45.2 cm³/mol. The molecule has 0 radical (unpaired) electrons. The summed E-state index contributed by atoms with van der Waals surface area (Å²) in [6.07, 6.45) is 2.04. The first-order valence-corrected chi connectivity index (χ1v) is 3.93. The molecule has 0 N–H and O–H groups in total. The molecule has 0 spiro atoms. The number of hydrogen-bond acceptors (Lipinski definition) is 2. The van der Waals surface area contributed by atoms with Gasteiger partial charge in [-0.1, -0.05) is 20.8 Å². The molecule has 0 heterocycles. The Morgan fingerprint density at radius 1 is 1.40 bits per heavy atom. The van der Waals surface area contributed by atoms with E-state index in [-0.39, 0.29) is 0 Å². The summed E-state index contributed by atoms with van der Waals surface area (Å²) < 4.78 is 0. The van der Waals surface area contributed by atoms with E-state index in [2.05, 4.69) is 6.92 Å². The van der Waals surface area contributed by atoms with Crippen LogP contribution in [0.4, 0.5) is 0 Å². The Bertz CT molecular complexity index is 64.3. The molecule has 0 aliphatic carbocycles. The summed E-state index contributed by atoms with van der Waals surface area (Å²) in [6.45, 7) is 7.67. The molecule has 10 heavy (non-hydrogen) atoms. The van der Waals surface area contributed by atoms with E-state index in [1.54, 1.807) is 0 Å². The SMILES string of the molecule is CC.CCCN(C)CC=O. The van der Waals surface area contributed by atoms with E-state index in [9.17, 15) is 4.79 Å². The van der Waals surface area contributed by atoms with Gasteiger partial charge in [0.25, 0.3) is 0 Å². The fourth-order valence-electron chi connectivity index (χ4n) is 0.600. The van der Waals surface area contributed by atoms with Gasteiger partial charge in [-0.3, -0.25) is 4.90 Å². The first-order valence-electron chi connectivity index (χ1n) is 3.93. The molecule has 0 rings (SSSR count). The topological polar surface area (TPSA) is 20.3 Å². The van der Waals surface area contributed by atoms with E-state index < -0.39 is 0 Å². The summed E-state index contributed by atoms with van der Waals surface area (Å²) in [7, 11) is 1.94.